The van der Waals surface area contributed by atoms with Crippen LogP contribution in [0.1, 0.15) is 33.3 Å². The summed E-state index contributed by atoms with van der Waals surface area (Å²) in [6.45, 7) is 4.04. The van der Waals surface area contributed by atoms with Gasteiger partial charge in [-0.25, -0.2) is 5.01 Å². The van der Waals surface area contributed by atoms with Crippen LogP contribution in [0.3, 0.4) is 0 Å². The zero-order valence-electron chi connectivity index (χ0n) is 21.8. The average Bonchev–Trinajstić information content (AvgIpc) is 3.67. The van der Waals surface area contributed by atoms with Gasteiger partial charge in [-0.15, -0.1) is 11.3 Å². The number of carbonyl (C=O) groups is 2. The van der Waals surface area contributed by atoms with E-state index in [0.29, 0.717) is 42.6 Å². The van der Waals surface area contributed by atoms with Crippen molar-refractivity contribution in [3.05, 3.63) is 87.1 Å². The summed E-state index contributed by atoms with van der Waals surface area (Å²) in [6.07, 6.45) is 0.548. The van der Waals surface area contributed by atoms with Crippen molar-refractivity contribution in [3.63, 3.8) is 0 Å². The van der Waals surface area contributed by atoms with Gasteiger partial charge in [-0.3, -0.25) is 14.5 Å². The van der Waals surface area contributed by atoms with E-state index in [-0.39, 0.29) is 24.4 Å². The van der Waals surface area contributed by atoms with Crippen LogP contribution in [-0.2, 0) is 9.53 Å². The standard InChI is InChI=1S/C29H31ClN4O4S/c1-37-24-10-6-21(7-11-24)25-19-26(22-4-8-23(30)9-5-22)34(31-25)28(35)20-33(29(36)27-3-2-18-39-27)13-12-32-14-16-38-17-15-32/h2-11,18,26H,12-17,19-20H2,1H3/t26-/m0/s1. The molecule has 2 aromatic carbocycles. The van der Waals surface area contributed by atoms with Crippen LogP contribution in [0.2, 0.25) is 5.02 Å². The van der Waals surface area contributed by atoms with Crippen molar-refractivity contribution in [1.82, 2.24) is 14.8 Å². The molecule has 204 valence electrons. The van der Waals surface area contributed by atoms with E-state index in [9.17, 15) is 9.59 Å². The third kappa shape index (κ3) is 6.67. The number of morpholine rings is 1. The van der Waals surface area contributed by atoms with E-state index in [1.807, 2.05) is 60.0 Å². The Balaban J connectivity index is 1.39. The minimum atomic E-state index is -0.301. The number of methoxy groups -OCH3 is 1. The van der Waals surface area contributed by atoms with Gasteiger partial charge in [0.15, 0.2) is 0 Å². The predicted molar refractivity (Wildman–Crippen MR) is 153 cm³/mol. The van der Waals surface area contributed by atoms with Crippen LogP contribution in [0.15, 0.2) is 71.1 Å². The van der Waals surface area contributed by atoms with Gasteiger partial charge in [0.1, 0.15) is 12.3 Å². The normalized spacial score (nSPS) is 17.6. The van der Waals surface area contributed by atoms with Crippen molar-refractivity contribution in [2.45, 2.75) is 12.5 Å². The smallest absolute Gasteiger partial charge is 0.264 e. The molecule has 0 spiro atoms. The third-order valence-electron chi connectivity index (χ3n) is 6.98. The largest absolute Gasteiger partial charge is 0.497 e. The van der Waals surface area contributed by atoms with Gasteiger partial charge in [-0.05, 0) is 59.0 Å². The molecule has 10 heteroatoms. The van der Waals surface area contributed by atoms with Crippen molar-refractivity contribution in [1.29, 1.82) is 0 Å². The van der Waals surface area contributed by atoms with Crippen LogP contribution in [0.25, 0.3) is 0 Å². The van der Waals surface area contributed by atoms with Crippen LogP contribution in [0.5, 0.6) is 5.75 Å². The maximum Gasteiger partial charge on any atom is 0.264 e. The van der Waals surface area contributed by atoms with Crippen molar-refractivity contribution < 1.29 is 19.1 Å². The van der Waals surface area contributed by atoms with Gasteiger partial charge >= 0.3 is 0 Å². The number of nitrogens with zero attached hydrogens (tertiary/aromatic N) is 4. The van der Waals surface area contributed by atoms with Crippen molar-refractivity contribution in [2.75, 3.05) is 53.0 Å². The highest BCUT2D eigenvalue weighted by Gasteiger charge is 2.34. The molecule has 1 saturated heterocycles. The van der Waals surface area contributed by atoms with E-state index in [0.717, 1.165) is 35.7 Å². The molecule has 0 N–H and O–H groups in total. The van der Waals surface area contributed by atoms with Gasteiger partial charge in [0.05, 0.1) is 37.0 Å². The third-order valence-corrected chi connectivity index (χ3v) is 8.09. The van der Waals surface area contributed by atoms with E-state index >= 15 is 0 Å². The fraction of sp³-hybridized carbons (Fsp3) is 0.345. The fourth-order valence-corrected chi connectivity index (χ4v) is 5.59. The van der Waals surface area contributed by atoms with Crippen LogP contribution >= 0.6 is 22.9 Å². The first-order valence-corrected chi connectivity index (χ1v) is 14.2. The van der Waals surface area contributed by atoms with Gasteiger partial charge in [0, 0.05) is 37.6 Å². The zero-order valence-corrected chi connectivity index (χ0v) is 23.4. The maximum atomic E-state index is 13.9. The number of thiophene rings is 1. The summed E-state index contributed by atoms with van der Waals surface area (Å²) in [4.78, 5) is 31.8. The summed E-state index contributed by atoms with van der Waals surface area (Å²) in [7, 11) is 1.63. The highest BCUT2D eigenvalue weighted by molar-refractivity contribution is 7.12. The Hall–Kier alpha value is -3.24. The molecule has 0 unspecified atom stereocenters. The van der Waals surface area contributed by atoms with Gasteiger partial charge in [0.25, 0.3) is 11.8 Å². The number of amides is 2. The fourth-order valence-electron chi connectivity index (χ4n) is 4.77. The molecule has 2 aliphatic rings. The minimum Gasteiger partial charge on any atom is -0.497 e. The molecule has 0 bridgehead atoms. The lowest BCUT2D eigenvalue weighted by molar-refractivity contribution is -0.133. The topological polar surface area (TPSA) is 74.7 Å². The number of halogens is 1. The number of hydrogen-bond acceptors (Lipinski definition) is 7. The lowest BCUT2D eigenvalue weighted by atomic mass is 9.98. The monoisotopic (exact) mass is 566 g/mol. The molecule has 3 heterocycles. The number of carbonyl (C=O) groups excluding carboxylic acids is 2. The molecule has 8 nitrogen and oxygen atoms in total. The molecule has 0 aliphatic carbocycles. The Labute approximate surface area is 237 Å². The summed E-state index contributed by atoms with van der Waals surface area (Å²) in [5.74, 6) is 0.376. The summed E-state index contributed by atoms with van der Waals surface area (Å²) >= 11 is 7.53. The van der Waals surface area contributed by atoms with Gasteiger partial charge in [-0.1, -0.05) is 29.8 Å². The second-order valence-corrected chi connectivity index (χ2v) is 10.8. The number of hydrazone groups is 1. The zero-order chi connectivity index (χ0) is 27.2. The molecular formula is C29H31ClN4O4S. The quantitative estimate of drug-likeness (QED) is 0.379. The molecule has 2 amide bonds. The molecule has 1 fully saturated rings. The first kappa shape index (κ1) is 27.3. The number of ether oxygens (including phenoxy) is 2. The molecule has 1 atom stereocenters. The molecule has 39 heavy (non-hydrogen) atoms. The molecular weight excluding hydrogens is 536 g/mol. The van der Waals surface area contributed by atoms with Gasteiger partial charge in [-0.2, -0.15) is 5.10 Å². The van der Waals surface area contributed by atoms with Crippen LogP contribution in [-0.4, -0.2) is 85.4 Å². The highest BCUT2D eigenvalue weighted by atomic mass is 35.5. The molecule has 3 aromatic rings. The predicted octanol–water partition coefficient (Wildman–Crippen LogP) is 4.56. The first-order valence-electron chi connectivity index (χ1n) is 12.9. The van der Waals surface area contributed by atoms with E-state index in [4.69, 9.17) is 26.2 Å². The summed E-state index contributed by atoms with van der Waals surface area (Å²) in [5.41, 5.74) is 2.66. The second-order valence-electron chi connectivity index (χ2n) is 9.44. The van der Waals surface area contributed by atoms with E-state index in [2.05, 4.69) is 4.90 Å². The van der Waals surface area contributed by atoms with E-state index in [1.54, 1.807) is 18.1 Å². The van der Waals surface area contributed by atoms with Crippen LogP contribution in [0.4, 0.5) is 0 Å². The Morgan fingerprint density at radius 2 is 1.85 bits per heavy atom. The molecule has 2 aliphatic heterocycles. The summed E-state index contributed by atoms with van der Waals surface area (Å²) < 4.78 is 10.7. The Bertz CT molecular complexity index is 1290. The van der Waals surface area contributed by atoms with Gasteiger partial charge < -0.3 is 14.4 Å². The molecule has 5 rings (SSSR count). The molecule has 0 radical (unpaired) electrons. The Morgan fingerprint density at radius 3 is 2.51 bits per heavy atom. The molecule has 0 saturated carbocycles. The summed E-state index contributed by atoms with van der Waals surface area (Å²) in [5, 5.41) is 8.82. The summed E-state index contributed by atoms with van der Waals surface area (Å²) in [6, 6.07) is 18.5. The number of hydrogen-bond donors (Lipinski definition) is 0. The van der Waals surface area contributed by atoms with Crippen molar-refractivity contribution in [3.8, 4) is 5.75 Å². The Morgan fingerprint density at radius 1 is 1.10 bits per heavy atom. The first-order chi connectivity index (χ1) is 19.0. The van der Waals surface area contributed by atoms with Crippen LogP contribution < -0.4 is 4.74 Å². The SMILES string of the molecule is COc1ccc(C2=NN(C(=O)CN(CCN3CCOCC3)C(=O)c3cccs3)[C@H](c3ccc(Cl)cc3)C2)cc1. The maximum absolute atomic E-state index is 13.9. The Kier molecular flexibility index (Phi) is 8.93. The highest BCUT2D eigenvalue weighted by Crippen LogP contribution is 2.34. The second kappa shape index (κ2) is 12.7. The lowest BCUT2D eigenvalue weighted by Gasteiger charge is -2.31. The average molecular weight is 567 g/mol. The van der Waals surface area contributed by atoms with E-state index < -0.39 is 0 Å². The van der Waals surface area contributed by atoms with Crippen molar-refractivity contribution in [2.24, 2.45) is 5.10 Å². The lowest BCUT2D eigenvalue weighted by Crippen LogP contribution is -2.46. The number of benzene rings is 2. The van der Waals surface area contributed by atoms with Gasteiger partial charge in [0.2, 0.25) is 0 Å². The molecule has 1 aromatic heterocycles. The minimum absolute atomic E-state index is 0.0649. The van der Waals surface area contributed by atoms with Crippen molar-refractivity contribution >= 4 is 40.5 Å². The van der Waals surface area contributed by atoms with E-state index in [1.165, 1.54) is 16.3 Å². The number of rotatable bonds is 9. The van der Waals surface area contributed by atoms with Crippen LogP contribution in [0, 0.1) is 0 Å².